The van der Waals surface area contributed by atoms with E-state index in [0.29, 0.717) is 41.9 Å². The van der Waals surface area contributed by atoms with Gasteiger partial charge in [-0.1, -0.05) is 12.6 Å². The van der Waals surface area contributed by atoms with Crippen LogP contribution in [0.3, 0.4) is 0 Å². The zero-order chi connectivity index (χ0) is 26.7. The van der Waals surface area contributed by atoms with Gasteiger partial charge in [0, 0.05) is 6.61 Å². The number of rotatable bonds is 9. The second-order valence-corrected chi connectivity index (χ2v) is 11.4. The Morgan fingerprint density at radius 2 is 1.94 bits per heavy atom. The minimum Gasteiger partial charge on any atom is -0.465 e. The van der Waals surface area contributed by atoms with Crippen LogP contribution in [0.25, 0.3) is 5.57 Å². The van der Waals surface area contributed by atoms with E-state index in [-0.39, 0.29) is 17.4 Å². The Morgan fingerprint density at radius 3 is 2.53 bits per heavy atom. The van der Waals surface area contributed by atoms with Gasteiger partial charge in [0.2, 0.25) is 0 Å². The van der Waals surface area contributed by atoms with Crippen LogP contribution in [-0.2, 0) is 38.7 Å². The highest BCUT2D eigenvalue weighted by Crippen LogP contribution is 2.48. The largest absolute Gasteiger partial charge is 0.465 e. The fourth-order valence-electron chi connectivity index (χ4n) is 4.39. The zero-order valence-corrected chi connectivity index (χ0v) is 22.2. The lowest BCUT2D eigenvalue weighted by molar-refractivity contribution is -0.155. The van der Waals surface area contributed by atoms with Gasteiger partial charge in [-0.25, -0.2) is 4.79 Å². The average molecular weight is 523 g/mol. The molecule has 1 aromatic carbocycles. The number of methoxy groups -OCH3 is 1. The van der Waals surface area contributed by atoms with Gasteiger partial charge >= 0.3 is 22.1 Å². The third-order valence-electron chi connectivity index (χ3n) is 5.74. The molecule has 1 aliphatic heterocycles. The predicted octanol–water partition coefficient (Wildman–Crippen LogP) is 3.53. The van der Waals surface area contributed by atoms with Gasteiger partial charge in [0.05, 0.1) is 38.3 Å². The summed E-state index contributed by atoms with van der Waals surface area (Å²) in [6.45, 7) is 10.7. The summed E-state index contributed by atoms with van der Waals surface area (Å²) in [6, 6.07) is 4.66. The summed E-state index contributed by atoms with van der Waals surface area (Å²) in [5, 5.41) is 0. The summed E-state index contributed by atoms with van der Waals surface area (Å²) in [7, 11) is -2.56. The van der Waals surface area contributed by atoms with E-state index in [0.717, 1.165) is 25.7 Å². The van der Waals surface area contributed by atoms with Crippen molar-refractivity contribution in [2.45, 2.75) is 57.7 Å². The Bertz CT molecular complexity index is 1150. The Morgan fingerprint density at radius 1 is 1.22 bits per heavy atom. The highest BCUT2D eigenvalue weighted by atomic mass is 32.2. The van der Waals surface area contributed by atoms with Gasteiger partial charge in [-0.3, -0.25) is 4.79 Å². The zero-order valence-electron chi connectivity index (χ0n) is 21.4. The molecule has 0 radical (unpaired) electrons. The number of carbonyl (C=O) groups excluding carboxylic acids is 2. The number of fused-ring (bicyclic) bond motifs is 1. The van der Waals surface area contributed by atoms with E-state index in [4.69, 9.17) is 23.1 Å². The van der Waals surface area contributed by atoms with Crippen molar-refractivity contribution in [2.75, 3.05) is 33.2 Å². The summed E-state index contributed by atoms with van der Waals surface area (Å²) >= 11 is 0. The number of hydrogen-bond acceptors (Lipinski definition) is 9. The van der Waals surface area contributed by atoms with E-state index in [2.05, 4.69) is 6.58 Å². The van der Waals surface area contributed by atoms with Crippen LogP contribution >= 0.6 is 0 Å². The summed E-state index contributed by atoms with van der Waals surface area (Å²) in [6.07, 6.45) is 3.10. The molecule has 3 rings (SSSR count). The van der Waals surface area contributed by atoms with Gasteiger partial charge in [-0.05, 0) is 74.4 Å². The molecule has 2 unspecified atom stereocenters. The summed E-state index contributed by atoms with van der Waals surface area (Å²) in [5.74, 6) is -2.26. The molecule has 2 aliphatic rings. The molecule has 1 fully saturated rings. The molecule has 198 valence electrons. The Hall–Kier alpha value is -2.69. The molecule has 1 aliphatic carbocycles. The van der Waals surface area contributed by atoms with Crippen LogP contribution < -0.4 is 4.18 Å². The minimum absolute atomic E-state index is 0.0196. The fraction of sp³-hybridized carbons (Fsp3) is 0.538. The van der Waals surface area contributed by atoms with Crippen molar-refractivity contribution < 1.29 is 41.1 Å². The molecule has 0 N–H and O–H groups in total. The molecule has 0 bridgehead atoms. The molecule has 0 spiro atoms. The van der Waals surface area contributed by atoms with Gasteiger partial charge in [0.25, 0.3) is 0 Å². The average Bonchev–Trinajstić information content (AvgIpc) is 3.10. The van der Waals surface area contributed by atoms with E-state index >= 15 is 0 Å². The van der Waals surface area contributed by atoms with E-state index in [1.54, 1.807) is 26.8 Å². The van der Waals surface area contributed by atoms with Crippen LogP contribution in [0.15, 0.2) is 35.9 Å². The molecule has 2 atom stereocenters. The minimum atomic E-state index is -3.80. The second kappa shape index (κ2) is 11.1. The number of ether oxygens (including phenoxy) is 4. The first kappa shape index (κ1) is 27.9. The third kappa shape index (κ3) is 6.96. The lowest BCUT2D eigenvalue weighted by atomic mass is 9.90. The highest BCUT2D eigenvalue weighted by molar-refractivity contribution is 7.86. The molecular formula is C26H34O9S. The number of esters is 2. The summed E-state index contributed by atoms with van der Waals surface area (Å²) in [5.41, 5.74) is 1.38. The van der Waals surface area contributed by atoms with Crippen LogP contribution in [0.4, 0.5) is 0 Å². The maximum Gasteiger partial charge on any atom is 0.337 e. The first-order chi connectivity index (χ1) is 16.8. The highest BCUT2D eigenvalue weighted by Gasteiger charge is 2.41. The van der Waals surface area contributed by atoms with Gasteiger partial charge in [-0.15, -0.1) is 0 Å². The van der Waals surface area contributed by atoms with E-state index in [1.807, 2.05) is 0 Å². The second-order valence-electron chi connectivity index (χ2n) is 9.83. The van der Waals surface area contributed by atoms with Crippen molar-refractivity contribution in [2.24, 2.45) is 0 Å². The number of carbonyl (C=O) groups is 2. The molecule has 1 heterocycles. The first-order valence-electron chi connectivity index (χ1n) is 11.8. The summed E-state index contributed by atoms with van der Waals surface area (Å²) in [4.78, 5) is 26.0. The predicted molar refractivity (Wildman–Crippen MR) is 133 cm³/mol. The first-order valence-corrected chi connectivity index (χ1v) is 13.6. The van der Waals surface area contributed by atoms with Crippen molar-refractivity contribution in [1.82, 2.24) is 0 Å². The fourth-order valence-corrected chi connectivity index (χ4v) is 4.84. The Balaban J connectivity index is 2.06. The topological polar surface area (TPSA) is 114 Å². The molecule has 0 amide bonds. The lowest BCUT2D eigenvalue weighted by Crippen LogP contribution is -2.29. The maximum atomic E-state index is 13.5. The molecule has 0 aromatic heterocycles. The standard InChI is InChI=1S/C26H34O9S/c1-16(24(27)31-5)22-20(11-13-33-18-8-7-12-32-15-18)19-10-9-17(35-36(6,29)30)14-21(19)23(22)25(28)34-26(2,3)4/h9-10,14,18,23H,1,7-8,11-13,15H2,2-6H3. The van der Waals surface area contributed by atoms with Gasteiger partial charge in [0.15, 0.2) is 0 Å². The van der Waals surface area contributed by atoms with Crippen molar-refractivity contribution in [3.63, 3.8) is 0 Å². The van der Waals surface area contributed by atoms with Crippen LogP contribution in [0.1, 0.15) is 57.1 Å². The van der Waals surface area contributed by atoms with Crippen LogP contribution in [0.5, 0.6) is 5.75 Å². The van der Waals surface area contributed by atoms with Crippen molar-refractivity contribution in [3.05, 3.63) is 47.1 Å². The van der Waals surface area contributed by atoms with Crippen LogP contribution in [0.2, 0.25) is 0 Å². The quantitative estimate of drug-likeness (QED) is 0.273. The van der Waals surface area contributed by atoms with Gasteiger partial charge in [-0.2, -0.15) is 8.42 Å². The lowest BCUT2D eigenvalue weighted by Gasteiger charge is -2.24. The van der Waals surface area contributed by atoms with Crippen LogP contribution in [0, 0.1) is 0 Å². The molecule has 10 heteroatoms. The molecule has 36 heavy (non-hydrogen) atoms. The van der Waals surface area contributed by atoms with Crippen molar-refractivity contribution >= 4 is 27.6 Å². The summed E-state index contributed by atoms with van der Waals surface area (Å²) < 4.78 is 50.6. The normalized spacial score (nSPS) is 20.0. The van der Waals surface area contributed by atoms with Crippen molar-refractivity contribution in [1.29, 1.82) is 0 Å². The van der Waals surface area contributed by atoms with E-state index < -0.39 is 33.6 Å². The Kier molecular flexibility index (Phi) is 8.63. The SMILES string of the molecule is C=C(C(=O)OC)C1=C(CCOC2CCCOC2)c2ccc(OS(C)(=O)=O)cc2C1C(=O)OC(C)(C)C. The molecule has 9 nitrogen and oxygen atoms in total. The smallest absolute Gasteiger partial charge is 0.337 e. The maximum absolute atomic E-state index is 13.5. The molecular weight excluding hydrogens is 488 g/mol. The Labute approximate surface area is 212 Å². The molecule has 1 saturated heterocycles. The number of hydrogen-bond donors (Lipinski definition) is 0. The van der Waals surface area contributed by atoms with Gasteiger partial charge in [0.1, 0.15) is 17.3 Å². The molecule has 1 aromatic rings. The third-order valence-corrected chi connectivity index (χ3v) is 6.24. The van der Waals surface area contributed by atoms with Crippen molar-refractivity contribution in [3.8, 4) is 5.75 Å². The van der Waals surface area contributed by atoms with E-state index in [1.165, 1.54) is 19.2 Å². The number of benzene rings is 1. The van der Waals surface area contributed by atoms with E-state index in [9.17, 15) is 18.0 Å². The van der Waals surface area contributed by atoms with Gasteiger partial charge < -0.3 is 23.1 Å². The van der Waals surface area contributed by atoms with Crippen LogP contribution in [-0.4, -0.2) is 65.2 Å². The monoisotopic (exact) mass is 522 g/mol. The molecule has 0 saturated carbocycles.